The number of amides is 1. The summed E-state index contributed by atoms with van der Waals surface area (Å²) in [4.78, 5) is 16.1. The molecule has 1 aromatic heterocycles. The first kappa shape index (κ1) is 12.1. The summed E-state index contributed by atoms with van der Waals surface area (Å²) >= 11 is 0. The number of piperidine rings is 1. The van der Waals surface area contributed by atoms with Crippen molar-refractivity contribution in [1.82, 2.24) is 15.6 Å². The maximum Gasteiger partial charge on any atom is 0.289 e. The molecule has 2 N–H and O–H groups in total. The second-order valence-corrected chi connectivity index (χ2v) is 4.70. The van der Waals surface area contributed by atoms with Crippen LogP contribution in [0.4, 0.5) is 0 Å². The lowest BCUT2D eigenvalue weighted by Crippen LogP contribution is -2.46. The molecule has 1 aliphatic heterocycles. The molecule has 2 heterocycles. The fraction of sp³-hybridized carbons (Fsp3) is 0.667. The first-order valence-corrected chi connectivity index (χ1v) is 6.04. The summed E-state index contributed by atoms with van der Waals surface area (Å²) in [5, 5.41) is 6.36. The summed E-state index contributed by atoms with van der Waals surface area (Å²) in [5.74, 6) is 0.724. The number of hydrogen-bond donors (Lipinski definition) is 2. The highest BCUT2D eigenvalue weighted by Gasteiger charge is 2.23. The Kier molecular flexibility index (Phi) is 3.47. The standard InChI is InChI=1S/C12H19N3O2/c1-7-6-10(4-5-13-7)15-12(16)11-8(2)14-9(3)17-11/h7,10,13H,4-6H2,1-3H3,(H,15,16). The normalized spacial score (nSPS) is 24.6. The van der Waals surface area contributed by atoms with E-state index in [2.05, 4.69) is 22.5 Å². The van der Waals surface area contributed by atoms with Gasteiger partial charge in [-0.15, -0.1) is 0 Å². The Morgan fingerprint density at radius 1 is 1.53 bits per heavy atom. The van der Waals surface area contributed by atoms with Crippen molar-refractivity contribution >= 4 is 5.91 Å². The fourth-order valence-corrected chi connectivity index (χ4v) is 2.26. The van der Waals surface area contributed by atoms with Crippen LogP contribution in [-0.2, 0) is 0 Å². The van der Waals surface area contributed by atoms with Crippen molar-refractivity contribution in [2.45, 2.75) is 45.7 Å². The van der Waals surface area contributed by atoms with Gasteiger partial charge in [-0.1, -0.05) is 0 Å². The Morgan fingerprint density at radius 2 is 2.29 bits per heavy atom. The largest absolute Gasteiger partial charge is 0.436 e. The zero-order valence-corrected chi connectivity index (χ0v) is 10.5. The highest BCUT2D eigenvalue weighted by atomic mass is 16.4. The van der Waals surface area contributed by atoms with Gasteiger partial charge in [-0.25, -0.2) is 4.98 Å². The Balaban J connectivity index is 1.99. The topological polar surface area (TPSA) is 67.2 Å². The molecule has 5 nitrogen and oxygen atoms in total. The Labute approximate surface area is 101 Å². The molecule has 1 saturated heterocycles. The van der Waals surface area contributed by atoms with Crippen LogP contribution >= 0.6 is 0 Å². The first-order valence-electron chi connectivity index (χ1n) is 6.04. The van der Waals surface area contributed by atoms with Crippen molar-refractivity contribution in [1.29, 1.82) is 0 Å². The van der Waals surface area contributed by atoms with Crippen LogP contribution in [0.25, 0.3) is 0 Å². The van der Waals surface area contributed by atoms with Gasteiger partial charge < -0.3 is 15.1 Å². The van der Waals surface area contributed by atoms with E-state index in [-0.39, 0.29) is 11.9 Å². The average molecular weight is 237 g/mol. The Morgan fingerprint density at radius 3 is 2.88 bits per heavy atom. The van der Waals surface area contributed by atoms with E-state index in [9.17, 15) is 4.79 Å². The van der Waals surface area contributed by atoms with E-state index in [4.69, 9.17) is 4.42 Å². The molecule has 0 aliphatic carbocycles. The van der Waals surface area contributed by atoms with Crippen LogP contribution < -0.4 is 10.6 Å². The van der Waals surface area contributed by atoms with Crippen LogP contribution in [0, 0.1) is 13.8 Å². The van der Waals surface area contributed by atoms with Gasteiger partial charge in [0.15, 0.2) is 5.89 Å². The smallest absolute Gasteiger partial charge is 0.289 e. The van der Waals surface area contributed by atoms with Crippen molar-refractivity contribution in [3.8, 4) is 0 Å². The number of hydrogen-bond acceptors (Lipinski definition) is 4. The molecular formula is C12H19N3O2. The van der Waals surface area contributed by atoms with Gasteiger partial charge in [0.05, 0.1) is 5.69 Å². The Bertz CT molecular complexity index is 414. The number of nitrogens with zero attached hydrogens (tertiary/aromatic N) is 1. The first-order chi connectivity index (χ1) is 8.06. The molecule has 1 aliphatic rings. The van der Waals surface area contributed by atoms with E-state index in [1.807, 2.05) is 0 Å². The maximum atomic E-state index is 12.0. The molecule has 0 saturated carbocycles. The van der Waals surface area contributed by atoms with Gasteiger partial charge in [0.1, 0.15) is 0 Å². The number of carbonyl (C=O) groups excluding carboxylic acids is 1. The molecule has 0 bridgehead atoms. The third-order valence-electron chi connectivity index (χ3n) is 3.07. The maximum absolute atomic E-state index is 12.0. The molecule has 2 rings (SSSR count). The minimum atomic E-state index is -0.151. The van der Waals surface area contributed by atoms with Crippen LogP contribution in [0.5, 0.6) is 0 Å². The molecule has 1 aromatic rings. The lowest BCUT2D eigenvalue weighted by atomic mass is 10.0. The lowest BCUT2D eigenvalue weighted by molar-refractivity contribution is 0.0895. The quantitative estimate of drug-likeness (QED) is 0.810. The molecule has 0 spiro atoms. The van der Waals surface area contributed by atoms with Crippen molar-refractivity contribution < 1.29 is 9.21 Å². The minimum absolute atomic E-state index is 0.151. The van der Waals surface area contributed by atoms with Gasteiger partial charge in [-0.3, -0.25) is 4.79 Å². The number of aromatic nitrogens is 1. The minimum Gasteiger partial charge on any atom is -0.436 e. The monoisotopic (exact) mass is 237 g/mol. The molecule has 0 radical (unpaired) electrons. The van der Waals surface area contributed by atoms with Crippen molar-refractivity contribution in [2.24, 2.45) is 0 Å². The number of rotatable bonds is 2. The molecule has 5 heteroatoms. The molecule has 1 fully saturated rings. The van der Waals surface area contributed by atoms with Gasteiger partial charge in [-0.2, -0.15) is 0 Å². The van der Waals surface area contributed by atoms with E-state index in [1.165, 1.54) is 0 Å². The van der Waals surface area contributed by atoms with Gasteiger partial charge in [-0.05, 0) is 33.2 Å². The van der Waals surface area contributed by atoms with Gasteiger partial charge in [0.2, 0.25) is 5.76 Å². The molecule has 17 heavy (non-hydrogen) atoms. The van der Waals surface area contributed by atoms with Crippen LogP contribution in [0.1, 0.15) is 41.9 Å². The third kappa shape index (κ3) is 2.85. The fourth-order valence-electron chi connectivity index (χ4n) is 2.26. The summed E-state index contributed by atoms with van der Waals surface area (Å²) in [6, 6.07) is 0.676. The molecule has 2 unspecified atom stereocenters. The molecule has 94 valence electrons. The van der Waals surface area contributed by atoms with Crippen LogP contribution in [0.3, 0.4) is 0 Å². The van der Waals surface area contributed by atoms with Gasteiger partial charge in [0, 0.05) is 19.0 Å². The summed E-state index contributed by atoms with van der Waals surface area (Å²) in [6.45, 7) is 6.61. The number of oxazole rings is 1. The van der Waals surface area contributed by atoms with Crippen LogP contribution in [-0.4, -0.2) is 29.5 Å². The van der Waals surface area contributed by atoms with Crippen molar-refractivity contribution in [3.05, 3.63) is 17.3 Å². The van der Waals surface area contributed by atoms with E-state index in [1.54, 1.807) is 13.8 Å². The van der Waals surface area contributed by atoms with E-state index in [0.717, 1.165) is 19.4 Å². The predicted molar refractivity (Wildman–Crippen MR) is 63.9 cm³/mol. The SMILES string of the molecule is Cc1nc(C)c(C(=O)NC2CCNC(C)C2)o1. The summed E-state index contributed by atoms with van der Waals surface area (Å²) in [6.07, 6.45) is 1.92. The average Bonchev–Trinajstić information content (AvgIpc) is 2.58. The number of carbonyl (C=O) groups is 1. The highest BCUT2D eigenvalue weighted by molar-refractivity contribution is 5.92. The van der Waals surface area contributed by atoms with Crippen molar-refractivity contribution in [3.63, 3.8) is 0 Å². The highest BCUT2D eigenvalue weighted by Crippen LogP contribution is 2.12. The van der Waals surface area contributed by atoms with Crippen LogP contribution in [0.15, 0.2) is 4.42 Å². The summed E-state index contributed by atoms with van der Waals surface area (Å²) in [7, 11) is 0. The lowest BCUT2D eigenvalue weighted by Gasteiger charge is -2.28. The zero-order chi connectivity index (χ0) is 12.4. The number of nitrogens with one attached hydrogen (secondary N) is 2. The van der Waals surface area contributed by atoms with Gasteiger partial charge >= 0.3 is 0 Å². The molecular weight excluding hydrogens is 218 g/mol. The van der Waals surface area contributed by atoms with E-state index < -0.39 is 0 Å². The third-order valence-corrected chi connectivity index (χ3v) is 3.07. The Hall–Kier alpha value is -1.36. The van der Waals surface area contributed by atoms with Gasteiger partial charge in [0.25, 0.3) is 5.91 Å². The molecule has 2 atom stereocenters. The summed E-state index contributed by atoms with van der Waals surface area (Å²) in [5.41, 5.74) is 0.655. The number of aryl methyl sites for hydroxylation is 2. The zero-order valence-electron chi connectivity index (χ0n) is 10.5. The summed E-state index contributed by atoms with van der Waals surface area (Å²) < 4.78 is 5.31. The predicted octanol–water partition coefficient (Wildman–Crippen LogP) is 1.16. The second-order valence-electron chi connectivity index (χ2n) is 4.70. The van der Waals surface area contributed by atoms with E-state index in [0.29, 0.717) is 23.4 Å². The van der Waals surface area contributed by atoms with Crippen molar-refractivity contribution in [2.75, 3.05) is 6.54 Å². The van der Waals surface area contributed by atoms with Crippen LogP contribution in [0.2, 0.25) is 0 Å². The van der Waals surface area contributed by atoms with E-state index >= 15 is 0 Å². The molecule has 0 aromatic carbocycles. The molecule has 1 amide bonds. The second kappa shape index (κ2) is 4.87.